The Morgan fingerprint density at radius 3 is 3.10 bits per heavy atom. The van der Waals surface area contributed by atoms with E-state index in [1.165, 1.54) is 0 Å². The van der Waals surface area contributed by atoms with Crippen LogP contribution in [0.2, 0.25) is 5.02 Å². The van der Waals surface area contributed by atoms with Gasteiger partial charge in [0.05, 0.1) is 10.7 Å². The first-order valence-electron chi connectivity index (χ1n) is 6.82. The summed E-state index contributed by atoms with van der Waals surface area (Å²) < 4.78 is 0. The number of aromatic nitrogens is 3. The quantitative estimate of drug-likeness (QED) is 0.880. The molecular formula is C15H16ClN5. The zero-order valence-corrected chi connectivity index (χ0v) is 12.3. The third-order valence-electron chi connectivity index (χ3n) is 3.45. The van der Waals surface area contributed by atoms with Crippen LogP contribution in [-0.4, -0.2) is 28.0 Å². The van der Waals surface area contributed by atoms with E-state index in [9.17, 15) is 0 Å². The van der Waals surface area contributed by atoms with E-state index >= 15 is 0 Å². The molecule has 5 nitrogen and oxygen atoms in total. The lowest BCUT2D eigenvalue weighted by Gasteiger charge is -2.30. The molecule has 3 rings (SSSR count). The highest BCUT2D eigenvalue weighted by atomic mass is 35.5. The largest absolute Gasteiger partial charge is 0.366 e. The van der Waals surface area contributed by atoms with Gasteiger partial charge in [-0.05, 0) is 12.1 Å². The molecule has 3 heterocycles. The van der Waals surface area contributed by atoms with Crippen molar-refractivity contribution in [2.45, 2.75) is 13.0 Å². The van der Waals surface area contributed by atoms with Gasteiger partial charge >= 0.3 is 0 Å². The van der Waals surface area contributed by atoms with Gasteiger partial charge in [-0.1, -0.05) is 17.7 Å². The van der Waals surface area contributed by atoms with Gasteiger partial charge in [-0.2, -0.15) is 0 Å². The number of nitrogens with one attached hydrogen (secondary N) is 1. The first kappa shape index (κ1) is 13.8. The number of hydrogen-bond donors (Lipinski definition) is 1. The molecule has 1 aliphatic rings. The Hall–Kier alpha value is -2.14. The first-order valence-corrected chi connectivity index (χ1v) is 7.20. The second-order valence-corrected chi connectivity index (χ2v) is 5.20. The van der Waals surface area contributed by atoms with Crippen molar-refractivity contribution in [3.8, 4) is 0 Å². The van der Waals surface area contributed by atoms with Gasteiger partial charge in [0.15, 0.2) is 0 Å². The third kappa shape index (κ3) is 2.83. The van der Waals surface area contributed by atoms with E-state index in [4.69, 9.17) is 11.6 Å². The maximum absolute atomic E-state index is 6.24. The van der Waals surface area contributed by atoms with Crippen molar-refractivity contribution in [1.82, 2.24) is 15.0 Å². The second kappa shape index (κ2) is 6.10. The van der Waals surface area contributed by atoms with Crippen molar-refractivity contribution in [2.75, 3.05) is 23.3 Å². The minimum Gasteiger partial charge on any atom is -0.366 e. The number of rotatable bonds is 4. The van der Waals surface area contributed by atoms with Gasteiger partial charge in [0.2, 0.25) is 0 Å². The zero-order valence-electron chi connectivity index (χ0n) is 11.6. The van der Waals surface area contributed by atoms with E-state index < -0.39 is 0 Å². The molecule has 0 amide bonds. The minimum atomic E-state index is 0.665. The Kier molecular flexibility index (Phi) is 4.01. The van der Waals surface area contributed by atoms with Gasteiger partial charge in [-0.15, -0.1) is 6.58 Å². The average Bonchev–Trinajstić information content (AvgIpc) is 2.53. The van der Waals surface area contributed by atoms with E-state index in [1.54, 1.807) is 12.5 Å². The van der Waals surface area contributed by atoms with E-state index in [-0.39, 0.29) is 0 Å². The lowest BCUT2D eigenvalue weighted by Crippen LogP contribution is -2.32. The molecule has 0 aliphatic carbocycles. The highest BCUT2D eigenvalue weighted by molar-refractivity contribution is 6.32. The molecule has 2 aromatic heterocycles. The zero-order chi connectivity index (χ0) is 14.7. The summed E-state index contributed by atoms with van der Waals surface area (Å²) in [4.78, 5) is 15.3. The molecule has 0 unspecified atom stereocenters. The first-order chi connectivity index (χ1) is 10.3. The molecule has 0 atom stereocenters. The van der Waals surface area contributed by atoms with Crippen LogP contribution in [-0.2, 0) is 13.0 Å². The monoisotopic (exact) mass is 301 g/mol. The van der Waals surface area contributed by atoms with Crippen molar-refractivity contribution < 1.29 is 0 Å². The summed E-state index contributed by atoms with van der Waals surface area (Å²) >= 11 is 6.24. The van der Waals surface area contributed by atoms with Crippen LogP contribution in [0, 0.1) is 0 Å². The van der Waals surface area contributed by atoms with Crippen LogP contribution in [0.4, 0.5) is 11.6 Å². The number of pyridine rings is 1. The maximum atomic E-state index is 6.24. The van der Waals surface area contributed by atoms with Crippen molar-refractivity contribution in [3.05, 3.63) is 53.6 Å². The minimum absolute atomic E-state index is 0.665. The van der Waals surface area contributed by atoms with Crippen molar-refractivity contribution in [2.24, 2.45) is 0 Å². The van der Waals surface area contributed by atoms with Crippen LogP contribution < -0.4 is 10.2 Å². The molecule has 0 fully saturated rings. The average molecular weight is 302 g/mol. The van der Waals surface area contributed by atoms with Crippen LogP contribution in [0.5, 0.6) is 0 Å². The highest BCUT2D eigenvalue weighted by Gasteiger charge is 2.23. The predicted octanol–water partition coefficient (Wildman–Crippen LogP) is 2.69. The molecule has 0 aromatic carbocycles. The van der Waals surface area contributed by atoms with Gasteiger partial charge in [0.1, 0.15) is 18.0 Å². The van der Waals surface area contributed by atoms with E-state index in [1.807, 2.05) is 18.2 Å². The third-order valence-corrected chi connectivity index (χ3v) is 3.75. The van der Waals surface area contributed by atoms with Gasteiger partial charge in [0.25, 0.3) is 0 Å². The molecule has 0 radical (unpaired) electrons. The Labute approximate surface area is 128 Å². The summed E-state index contributed by atoms with van der Waals surface area (Å²) in [5.41, 5.74) is 2.19. The molecule has 1 aliphatic heterocycles. The van der Waals surface area contributed by atoms with E-state index in [2.05, 4.69) is 31.7 Å². The van der Waals surface area contributed by atoms with E-state index in [0.717, 1.165) is 35.9 Å². The smallest absolute Gasteiger partial charge is 0.147 e. The summed E-state index contributed by atoms with van der Waals surface area (Å²) in [6.45, 7) is 5.94. The van der Waals surface area contributed by atoms with Crippen LogP contribution in [0.15, 0.2) is 37.3 Å². The summed E-state index contributed by atoms with van der Waals surface area (Å²) in [7, 11) is 0. The SMILES string of the molecule is C=CCNc1ncnc2c1CN(c1ncccc1Cl)CC2. The molecule has 108 valence electrons. The molecule has 1 N–H and O–H groups in total. The fourth-order valence-electron chi connectivity index (χ4n) is 2.45. The lowest BCUT2D eigenvalue weighted by molar-refractivity contribution is 0.698. The number of fused-ring (bicyclic) bond motifs is 1. The van der Waals surface area contributed by atoms with Gasteiger partial charge in [-0.3, -0.25) is 0 Å². The Morgan fingerprint density at radius 2 is 2.29 bits per heavy atom. The van der Waals surface area contributed by atoms with Crippen molar-refractivity contribution in [1.29, 1.82) is 0 Å². The van der Waals surface area contributed by atoms with Crippen LogP contribution in [0.3, 0.4) is 0 Å². The van der Waals surface area contributed by atoms with Crippen LogP contribution >= 0.6 is 11.6 Å². The molecule has 0 bridgehead atoms. The van der Waals surface area contributed by atoms with Gasteiger partial charge < -0.3 is 10.2 Å². The summed E-state index contributed by atoms with van der Waals surface area (Å²) in [5.74, 6) is 1.67. The van der Waals surface area contributed by atoms with Crippen LogP contribution in [0.25, 0.3) is 0 Å². The molecule has 0 saturated heterocycles. The molecule has 2 aromatic rings. The fourth-order valence-corrected chi connectivity index (χ4v) is 2.69. The van der Waals surface area contributed by atoms with Crippen LogP contribution in [0.1, 0.15) is 11.3 Å². The maximum Gasteiger partial charge on any atom is 0.147 e. The Morgan fingerprint density at radius 1 is 1.38 bits per heavy atom. The standard InChI is InChI=1S/C15H16ClN5/c1-2-6-17-14-11-9-21(8-5-13(11)19-10-20-14)15-12(16)4-3-7-18-15/h2-4,7,10H,1,5-6,8-9H2,(H,17,19,20). The molecule has 0 spiro atoms. The summed E-state index contributed by atoms with van der Waals surface area (Å²) in [6, 6.07) is 3.70. The predicted molar refractivity (Wildman–Crippen MR) is 84.7 cm³/mol. The number of hydrogen-bond acceptors (Lipinski definition) is 5. The molecule has 0 saturated carbocycles. The molecule has 6 heteroatoms. The summed E-state index contributed by atoms with van der Waals surface area (Å²) in [6.07, 6.45) is 6.03. The normalized spacial score (nSPS) is 13.7. The van der Waals surface area contributed by atoms with Gasteiger partial charge in [0, 0.05) is 37.8 Å². The Balaban J connectivity index is 1.90. The molecular weight excluding hydrogens is 286 g/mol. The van der Waals surface area contributed by atoms with E-state index in [0.29, 0.717) is 18.1 Å². The van der Waals surface area contributed by atoms with Crippen molar-refractivity contribution >= 4 is 23.2 Å². The second-order valence-electron chi connectivity index (χ2n) is 4.80. The fraction of sp³-hybridized carbons (Fsp3) is 0.267. The lowest BCUT2D eigenvalue weighted by atomic mass is 10.1. The number of halogens is 1. The number of anilines is 2. The highest BCUT2D eigenvalue weighted by Crippen LogP contribution is 2.29. The number of nitrogens with zero attached hydrogens (tertiary/aromatic N) is 4. The van der Waals surface area contributed by atoms with Crippen molar-refractivity contribution in [3.63, 3.8) is 0 Å². The summed E-state index contributed by atoms with van der Waals surface area (Å²) in [5, 5.41) is 3.93. The topological polar surface area (TPSA) is 53.9 Å². The Bertz CT molecular complexity index is 658. The van der Waals surface area contributed by atoms with Gasteiger partial charge in [-0.25, -0.2) is 15.0 Å². The molecule has 21 heavy (non-hydrogen) atoms.